The number of hydrogen-bond acceptors (Lipinski definition) is 5. The van der Waals surface area contributed by atoms with Crippen LogP contribution < -0.4 is 4.90 Å². The zero-order valence-electron chi connectivity index (χ0n) is 10.9. The van der Waals surface area contributed by atoms with E-state index in [0.717, 1.165) is 25.9 Å². The summed E-state index contributed by atoms with van der Waals surface area (Å²) < 4.78 is 4.77. The molecule has 5 nitrogen and oxygen atoms in total. The quantitative estimate of drug-likeness (QED) is 0.853. The molecule has 1 saturated heterocycles. The Hall–Kier alpha value is -1.33. The van der Waals surface area contributed by atoms with Gasteiger partial charge in [0, 0.05) is 25.9 Å². The maximum absolute atomic E-state index is 11.7. The van der Waals surface area contributed by atoms with E-state index in [1.807, 2.05) is 0 Å². The second kappa shape index (κ2) is 7.31. The number of esters is 1. The van der Waals surface area contributed by atoms with Gasteiger partial charge < -0.3 is 14.7 Å². The van der Waals surface area contributed by atoms with Gasteiger partial charge in [0.25, 0.3) is 0 Å². The number of pyridine rings is 1. The van der Waals surface area contributed by atoms with Gasteiger partial charge in [0.1, 0.15) is 11.4 Å². The third-order valence-corrected chi connectivity index (χ3v) is 3.27. The Kier molecular flexibility index (Phi) is 6.05. The highest BCUT2D eigenvalue weighted by Gasteiger charge is 2.24. The van der Waals surface area contributed by atoms with Gasteiger partial charge in [-0.2, -0.15) is 0 Å². The molecule has 1 aromatic rings. The zero-order chi connectivity index (χ0) is 13.0. The molecule has 0 aliphatic carbocycles. The van der Waals surface area contributed by atoms with E-state index in [2.05, 4.69) is 9.88 Å². The number of carbonyl (C=O) groups excluding carboxylic acids is 1. The topological polar surface area (TPSA) is 62.7 Å². The number of ether oxygens (including phenoxy) is 1. The number of piperidine rings is 1. The fourth-order valence-electron chi connectivity index (χ4n) is 2.32. The summed E-state index contributed by atoms with van der Waals surface area (Å²) in [5, 5.41) is 9.24. The van der Waals surface area contributed by atoms with Crippen LogP contribution in [0.3, 0.4) is 0 Å². The van der Waals surface area contributed by atoms with Crippen molar-refractivity contribution >= 4 is 24.2 Å². The van der Waals surface area contributed by atoms with Gasteiger partial charge in [-0.3, -0.25) is 0 Å². The molecule has 0 amide bonds. The van der Waals surface area contributed by atoms with Gasteiger partial charge >= 0.3 is 5.97 Å². The largest absolute Gasteiger partial charge is 0.465 e. The smallest absolute Gasteiger partial charge is 0.341 e. The Balaban J connectivity index is 0.00000180. The number of aliphatic hydroxyl groups excluding tert-OH is 1. The van der Waals surface area contributed by atoms with Gasteiger partial charge in [0.15, 0.2) is 0 Å². The second-order valence-electron chi connectivity index (χ2n) is 4.50. The van der Waals surface area contributed by atoms with Gasteiger partial charge in [0.2, 0.25) is 0 Å². The van der Waals surface area contributed by atoms with E-state index in [9.17, 15) is 9.90 Å². The lowest BCUT2D eigenvalue weighted by Gasteiger charge is -2.33. The SMILES string of the molecule is COC(=O)c1cccnc1N1CCCC(CO)C1.Cl. The highest BCUT2D eigenvalue weighted by Crippen LogP contribution is 2.24. The van der Waals surface area contributed by atoms with Crippen LogP contribution >= 0.6 is 12.4 Å². The molecule has 1 aromatic heterocycles. The molecular formula is C13H19ClN2O3. The number of nitrogens with zero attached hydrogens (tertiary/aromatic N) is 2. The summed E-state index contributed by atoms with van der Waals surface area (Å²) in [6.45, 7) is 1.77. The van der Waals surface area contributed by atoms with Crippen molar-refractivity contribution in [2.75, 3.05) is 31.7 Å². The fraction of sp³-hybridized carbons (Fsp3) is 0.538. The average molecular weight is 287 g/mol. The first-order valence-corrected chi connectivity index (χ1v) is 6.15. The minimum absolute atomic E-state index is 0. The van der Waals surface area contributed by atoms with Crippen LogP contribution in [0.5, 0.6) is 0 Å². The normalized spacial score (nSPS) is 18.6. The summed E-state index contributed by atoms with van der Waals surface area (Å²) in [7, 11) is 1.37. The van der Waals surface area contributed by atoms with Gasteiger partial charge in [-0.25, -0.2) is 9.78 Å². The summed E-state index contributed by atoms with van der Waals surface area (Å²) in [6, 6.07) is 3.44. The van der Waals surface area contributed by atoms with E-state index in [0.29, 0.717) is 11.4 Å². The summed E-state index contributed by atoms with van der Waals surface area (Å²) in [5.41, 5.74) is 0.485. The van der Waals surface area contributed by atoms with Crippen LogP contribution in [0.1, 0.15) is 23.2 Å². The van der Waals surface area contributed by atoms with Crippen LogP contribution in [-0.4, -0.2) is 42.9 Å². The molecule has 6 heteroatoms. The van der Waals surface area contributed by atoms with E-state index in [4.69, 9.17) is 4.74 Å². The maximum atomic E-state index is 11.7. The highest BCUT2D eigenvalue weighted by atomic mass is 35.5. The molecule has 1 aliphatic rings. The molecule has 1 fully saturated rings. The number of methoxy groups -OCH3 is 1. The van der Waals surface area contributed by atoms with Crippen molar-refractivity contribution in [3.63, 3.8) is 0 Å². The van der Waals surface area contributed by atoms with E-state index < -0.39 is 0 Å². The lowest BCUT2D eigenvalue weighted by atomic mass is 9.98. The standard InChI is InChI=1S/C13H18N2O3.ClH/c1-18-13(17)11-5-2-6-14-12(11)15-7-3-4-10(8-15)9-16;/h2,5-6,10,16H,3-4,7-9H2,1H3;1H. The number of hydrogen-bond donors (Lipinski definition) is 1. The average Bonchev–Trinajstić information content (AvgIpc) is 2.46. The molecule has 0 aromatic carbocycles. The summed E-state index contributed by atoms with van der Waals surface area (Å²) in [5.74, 6) is 0.540. The number of aliphatic hydroxyl groups is 1. The van der Waals surface area contributed by atoms with Crippen molar-refractivity contribution in [3.8, 4) is 0 Å². The Morgan fingerprint density at radius 2 is 2.42 bits per heavy atom. The molecule has 1 aliphatic heterocycles. The third-order valence-electron chi connectivity index (χ3n) is 3.27. The molecule has 19 heavy (non-hydrogen) atoms. The predicted molar refractivity (Wildman–Crippen MR) is 74.8 cm³/mol. The van der Waals surface area contributed by atoms with E-state index in [1.165, 1.54) is 7.11 Å². The monoisotopic (exact) mass is 286 g/mol. The molecule has 0 radical (unpaired) electrons. The first-order chi connectivity index (χ1) is 8.76. The summed E-state index contributed by atoms with van der Waals surface area (Å²) >= 11 is 0. The van der Waals surface area contributed by atoms with Crippen LogP contribution in [0.4, 0.5) is 5.82 Å². The van der Waals surface area contributed by atoms with Gasteiger partial charge in [-0.15, -0.1) is 12.4 Å². The molecular weight excluding hydrogens is 268 g/mol. The number of carbonyl (C=O) groups is 1. The Morgan fingerprint density at radius 3 is 3.11 bits per heavy atom. The van der Waals surface area contributed by atoms with Crippen molar-refractivity contribution in [2.24, 2.45) is 5.92 Å². The molecule has 0 saturated carbocycles. The Morgan fingerprint density at radius 1 is 1.63 bits per heavy atom. The van der Waals surface area contributed by atoms with Crippen molar-refractivity contribution in [3.05, 3.63) is 23.9 Å². The van der Waals surface area contributed by atoms with Crippen LogP contribution in [0.25, 0.3) is 0 Å². The number of rotatable bonds is 3. The Bertz CT molecular complexity index is 428. The minimum atomic E-state index is -0.371. The highest BCUT2D eigenvalue weighted by molar-refractivity contribution is 5.94. The van der Waals surface area contributed by atoms with Crippen molar-refractivity contribution in [2.45, 2.75) is 12.8 Å². The van der Waals surface area contributed by atoms with E-state index in [-0.39, 0.29) is 30.9 Å². The molecule has 0 bridgehead atoms. The van der Waals surface area contributed by atoms with Crippen LogP contribution in [0, 0.1) is 5.92 Å². The van der Waals surface area contributed by atoms with Gasteiger partial charge in [-0.05, 0) is 30.9 Å². The minimum Gasteiger partial charge on any atom is -0.465 e. The molecule has 2 rings (SSSR count). The van der Waals surface area contributed by atoms with Crippen LogP contribution in [0.2, 0.25) is 0 Å². The van der Waals surface area contributed by atoms with Crippen molar-refractivity contribution in [1.82, 2.24) is 4.98 Å². The fourth-order valence-corrected chi connectivity index (χ4v) is 2.32. The second-order valence-corrected chi connectivity index (χ2v) is 4.50. The molecule has 0 spiro atoms. The van der Waals surface area contributed by atoms with E-state index >= 15 is 0 Å². The van der Waals surface area contributed by atoms with Crippen molar-refractivity contribution < 1.29 is 14.6 Å². The molecule has 1 unspecified atom stereocenters. The number of halogens is 1. The first-order valence-electron chi connectivity index (χ1n) is 6.15. The molecule has 1 atom stereocenters. The lowest BCUT2D eigenvalue weighted by Crippen LogP contribution is -2.38. The summed E-state index contributed by atoms with van der Waals surface area (Å²) in [6.07, 6.45) is 3.69. The van der Waals surface area contributed by atoms with Crippen molar-refractivity contribution in [1.29, 1.82) is 0 Å². The van der Waals surface area contributed by atoms with Gasteiger partial charge in [-0.1, -0.05) is 0 Å². The number of anilines is 1. The molecule has 106 valence electrons. The predicted octanol–water partition coefficient (Wildman–Crippen LogP) is 1.50. The first kappa shape index (κ1) is 15.7. The zero-order valence-corrected chi connectivity index (χ0v) is 11.7. The summed E-state index contributed by atoms with van der Waals surface area (Å²) in [4.78, 5) is 18.0. The lowest BCUT2D eigenvalue weighted by molar-refractivity contribution is 0.0601. The Labute approximate surface area is 119 Å². The van der Waals surface area contributed by atoms with Crippen LogP contribution in [0.15, 0.2) is 18.3 Å². The van der Waals surface area contributed by atoms with Gasteiger partial charge in [0.05, 0.1) is 7.11 Å². The maximum Gasteiger partial charge on any atom is 0.341 e. The van der Waals surface area contributed by atoms with Crippen LogP contribution in [-0.2, 0) is 4.74 Å². The molecule has 1 N–H and O–H groups in total. The van der Waals surface area contributed by atoms with E-state index in [1.54, 1.807) is 18.3 Å². The number of aromatic nitrogens is 1. The third kappa shape index (κ3) is 3.58. The molecule has 2 heterocycles.